The Balaban J connectivity index is 1.75. The highest BCUT2D eigenvalue weighted by atomic mass is 16.5. The number of hydrogen-bond acceptors (Lipinski definition) is 4. The van der Waals surface area contributed by atoms with Crippen molar-refractivity contribution in [1.29, 1.82) is 0 Å². The van der Waals surface area contributed by atoms with E-state index in [2.05, 4.69) is 29.2 Å². The van der Waals surface area contributed by atoms with Gasteiger partial charge in [-0.3, -0.25) is 4.90 Å². The predicted octanol–water partition coefficient (Wildman–Crippen LogP) is 3.37. The third-order valence-corrected chi connectivity index (χ3v) is 5.89. The van der Waals surface area contributed by atoms with Crippen LogP contribution in [0.4, 0.5) is 0 Å². The topological polar surface area (TPSA) is 52.9 Å². The number of hydrogen-bond donors (Lipinski definition) is 0. The highest BCUT2D eigenvalue weighted by Crippen LogP contribution is 2.44. The molecule has 1 aromatic carbocycles. The van der Waals surface area contributed by atoms with Crippen molar-refractivity contribution < 1.29 is 14.3 Å². The van der Waals surface area contributed by atoms with Crippen molar-refractivity contribution in [3.63, 3.8) is 0 Å². The number of carbonyl (C=O) groups is 1. The van der Waals surface area contributed by atoms with Gasteiger partial charge in [-0.1, -0.05) is 41.5 Å². The third kappa shape index (κ3) is 2.96. The van der Waals surface area contributed by atoms with Crippen LogP contribution in [0.5, 0.6) is 0 Å². The summed E-state index contributed by atoms with van der Waals surface area (Å²) in [5.41, 5.74) is 5.42. The number of methoxy groups -OCH3 is 2. The van der Waals surface area contributed by atoms with Gasteiger partial charge in [-0.15, -0.1) is 11.2 Å². The molecule has 0 N–H and O–H groups in total. The lowest BCUT2D eigenvalue weighted by Crippen LogP contribution is -2.43. The highest BCUT2D eigenvalue weighted by Gasteiger charge is 2.38. The smallest absolute Gasteiger partial charge is 0.337 e. The molecule has 1 saturated heterocycles. The molecule has 27 heavy (non-hydrogen) atoms. The van der Waals surface area contributed by atoms with Gasteiger partial charge in [-0.2, -0.15) is 0 Å². The lowest BCUT2D eigenvalue weighted by molar-refractivity contribution is -0.137. The number of fused-ring (bicyclic) bond motifs is 5. The number of ether oxygens (including phenoxy) is 2. The Bertz CT molecular complexity index is 925. The van der Waals surface area contributed by atoms with Gasteiger partial charge in [0.1, 0.15) is 0 Å². The number of carbonyl (C=O) groups excluding carboxylic acids is 1. The van der Waals surface area contributed by atoms with E-state index in [-0.39, 0.29) is 17.9 Å². The zero-order valence-electron chi connectivity index (χ0n) is 16.1. The van der Waals surface area contributed by atoms with Crippen LogP contribution in [0.3, 0.4) is 0 Å². The lowest BCUT2D eigenvalue weighted by atomic mass is 9.78. The van der Waals surface area contributed by atoms with Crippen molar-refractivity contribution in [3.8, 4) is 0 Å². The minimum absolute atomic E-state index is 0.0191. The summed E-state index contributed by atoms with van der Waals surface area (Å²) >= 11 is 0. The number of allylic oxidation sites excluding steroid dienone is 1. The van der Waals surface area contributed by atoms with Gasteiger partial charge in [0.25, 0.3) is 0 Å². The standard InChI is InChI=1S/C22H25N2O3/c1-4-14-12-24-10-9-16-15-7-5-6-8-19(15)23-21(16)20(24)11-17(14)18(13-26-2)22(25)27-3/h4-8,13,17,20H,9-12H2,1-3H3/q-1/b14-4+,18-13+/t17-,20-/m0/s1. The number of piperidine rings is 1. The van der Waals surface area contributed by atoms with Crippen molar-refractivity contribution in [2.45, 2.75) is 25.8 Å². The Hall–Kier alpha value is -2.53. The van der Waals surface area contributed by atoms with E-state index in [0.717, 1.165) is 31.4 Å². The fraction of sp³-hybridized carbons (Fsp3) is 0.409. The number of para-hydroxylation sites is 1. The molecule has 2 atom stereocenters. The first-order valence-corrected chi connectivity index (χ1v) is 9.42. The summed E-state index contributed by atoms with van der Waals surface area (Å²) < 4.78 is 10.2. The van der Waals surface area contributed by atoms with Gasteiger partial charge >= 0.3 is 5.97 Å². The summed E-state index contributed by atoms with van der Waals surface area (Å²) in [5.74, 6) is -0.347. The first kappa shape index (κ1) is 17.9. The molecule has 1 fully saturated rings. The molecule has 0 bridgehead atoms. The van der Waals surface area contributed by atoms with Crippen LogP contribution in [0.25, 0.3) is 10.9 Å². The van der Waals surface area contributed by atoms with Crippen LogP contribution in [0, 0.1) is 5.92 Å². The number of esters is 1. The first-order chi connectivity index (χ1) is 13.2. The second-order valence-electron chi connectivity index (χ2n) is 7.18. The van der Waals surface area contributed by atoms with E-state index < -0.39 is 0 Å². The Morgan fingerprint density at radius 3 is 2.85 bits per heavy atom. The second kappa shape index (κ2) is 7.24. The minimum Gasteiger partial charge on any atom is -0.659 e. The number of aromatic nitrogens is 1. The third-order valence-electron chi connectivity index (χ3n) is 5.89. The van der Waals surface area contributed by atoms with Gasteiger partial charge in [-0.05, 0) is 25.2 Å². The fourth-order valence-corrected chi connectivity index (χ4v) is 4.59. The van der Waals surface area contributed by atoms with Gasteiger partial charge in [0.2, 0.25) is 0 Å². The van der Waals surface area contributed by atoms with Crippen molar-refractivity contribution in [2.24, 2.45) is 5.92 Å². The summed E-state index contributed by atoms with van der Waals surface area (Å²) in [6.45, 7) is 3.89. The molecule has 3 heterocycles. The Morgan fingerprint density at radius 2 is 2.11 bits per heavy atom. The molecule has 142 valence electrons. The SMILES string of the molecule is C/C=C1\CN2CCc3c([n-]c4ccccc34)[C@@H]2C[C@@H]1/C(=C\OC)C(=O)OC. The largest absolute Gasteiger partial charge is 0.659 e. The van der Waals surface area contributed by atoms with Crippen LogP contribution < -0.4 is 4.98 Å². The molecule has 4 rings (SSSR count). The van der Waals surface area contributed by atoms with Gasteiger partial charge in [0, 0.05) is 25.0 Å². The zero-order chi connectivity index (χ0) is 19.0. The van der Waals surface area contributed by atoms with E-state index >= 15 is 0 Å². The van der Waals surface area contributed by atoms with Crippen molar-refractivity contribution >= 4 is 16.9 Å². The lowest BCUT2D eigenvalue weighted by Gasteiger charge is -2.46. The van der Waals surface area contributed by atoms with Gasteiger partial charge < -0.3 is 14.5 Å². The average Bonchev–Trinajstić information content (AvgIpc) is 3.09. The van der Waals surface area contributed by atoms with Crippen LogP contribution in [-0.2, 0) is 20.7 Å². The number of rotatable bonds is 3. The number of benzene rings is 1. The normalized spacial score (nSPS) is 24.6. The molecule has 0 amide bonds. The summed E-state index contributed by atoms with van der Waals surface area (Å²) in [5, 5.41) is 1.26. The van der Waals surface area contributed by atoms with E-state index in [4.69, 9.17) is 14.5 Å². The van der Waals surface area contributed by atoms with E-state index in [1.807, 2.05) is 13.0 Å². The summed E-state index contributed by atoms with van der Waals surface area (Å²) in [4.78, 5) is 19.8. The fourth-order valence-electron chi connectivity index (χ4n) is 4.59. The molecular formula is C22H25N2O3-. The highest BCUT2D eigenvalue weighted by molar-refractivity contribution is 5.89. The summed E-state index contributed by atoms with van der Waals surface area (Å²) in [6.07, 6.45) is 5.48. The van der Waals surface area contributed by atoms with Gasteiger partial charge in [0.05, 0.1) is 26.1 Å². The van der Waals surface area contributed by atoms with Gasteiger partial charge in [-0.25, -0.2) is 4.79 Å². The molecular weight excluding hydrogens is 340 g/mol. The molecule has 0 radical (unpaired) electrons. The van der Waals surface area contributed by atoms with Crippen molar-refractivity contribution in [1.82, 2.24) is 9.88 Å². The van der Waals surface area contributed by atoms with E-state index in [9.17, 15) is 4.79 Å². The quantitative estimate of drug-likeness (QED) is 0.361. The molecule has 5 heteroatoms. The molecule has 0 unspecified atom stereocenters. The van der Waals surface area contributed by atoms with Crippen LogP contribution in [0.2, 0.25) is 0 Å². The summed E-state index contributed by atoms with van der Waals surface area (Å²) in [6, 6.07) is 8.57. The molecule has 2 aliphatic heterocycles. The van der Waals surface area contributed by atoms with Crippen LogP contribution in [0.15, 0.2) is 47.7 Å². The van der Waals surface area contributed by atoms with Crippen molar-refractivity contribution in [2.75, 3.05) is 27.3 Å². The van der Waals surface area contributed by atoms with E-state index in [1.54, 1.807) is 7.11 Å². The molecule has 0 saturated carbocycles. The monoisotopic (exact) mass is 365 g/mol. The summed E-state index contributed by atoms with van der Waals surface area (Å²) in [7, 11) is 2.98. The maximum Gasteiger partial charge on any atom is 0.337 e. The van der Waals surface area contributed by atoms with Gasteiger partial charge in [0.15, 0.2) is 0 Å². The zero-order valence-corrected chi connectivity index (χ0v) is 16.1. The van der Waals surface area contributed by atoms with E-state index in [0.29, 0.717) is 5.57 Å². The maximum absolute atomic E-state index is 12.4. The average molecular weight is 365 g/mol. The van der Waals surface area contributed by atoms with Crippen LogP contribution in [0.1, 0.15) is 30.6 Å². The van der Waals surface area contributed by atoms with Crippen LogP contribution in [-0.4, -0.2) is 38.2 Å². The molecule has 1 aromatic heterocycles. The van der Waals surface area contributed by atoms with E-state index in [1.165, 1.54) is 35.6 Å². The Labute approximate surface area is 159 Å². The number of nitrogens with zero attached hydrogens (tertiary/aromatic N) is 2. The molecule has 5 nitrogen and oxygen atoms in total. The second-order valence-corrected chi connectivity index (χ2v) is 7.18. The first-order valence-electron chi connectivity index (χ1n) is 9.42. The predicted molar refractivity (Wildman–Crippen MR) is 104 cm³/mol. The Morgan fingerprint density at radius 1 is 1.30 bits per heavy atom. The van der Waals surface area contributed by atoms with Crippen molar-refractivity contribution in [3.05, 3.63) is 59.0 Å². The Kier molecular flexibility index (Phi) is 4.79. The molecule has 2 aliphatic rings. The molecule has 0 aliphatic carbocycles. The minimum atomic E-state index is -0.327. The molecule has 2 aromatic rings. The maximum atomic E-state index is 12.4. The van der Waals surface area contributed by atoms with Crippen LogP contribution >= 0.6 is 0 Å². The molecule has 0 spiro atoms.